The van der Waals surface area contributed by atoms with Gasteiger partial charge in [-0.1, -0.05) is 26.0 Å². The molecule has 0 bridgehead atoms. The average Bonchev–Trinajstić information content (AvgIpc) is 2.93. The summed E-state index contributed by atoms with van der Waals surface area (Å²) in [5, 5.41) is 9.63. The number of carbonyl (C=O) groups is 1. The van der Waals surface area contributed by atoms with Gasteiger partial charge in [0.1, 0.15) is 5.75 Å². The van der Waals surface area contributed by atoms with Crippen LogP contribution in [0.5, 0.6) is 5.75 Å². The van der Waals surface area contributed by atoms with E-state index in [0.29, 0.717) is 6.54 Å². The number of likely N-dealkylation sites (tertiary alicyclic amines) is 1. The first kappa shape index (κ1) is 15.8. The van der Waals surface area contributed by atoms with Gasteiger partial charge in [-0.25, -0.2) is 0 Å². The molecule has 0 amide bonds. The Balaban J connectivity index is 2.14. The van der Waals surface area contributed by atoms with Crippen molar-refractivity contribution in [2.24, 2.45) is 11.3 Å². The first-order valence-electron chi connectivity index (χ1n) is 7.52. The van der Waals surface area contributed by atoms with E-state index in [1.54, 1.807) is 7.11 Å². The third kappa shape index (κ3) is 2.91. The number of nitrogens with zero attached hydrogens (tertiary/aromatic N) is 1. The van der Waals surface area contributed by atoms with E-state index >= 15 is 0 Å². The number of hydrogen-bond donors (Lipinski definition) is 1. The second kappa shape index (κ2) is 6.06. The van der Waals surface area contributed by atoms with Gasteiger partial charge in [-0.3, -0.25) is 9.69 Å². The van der Waals surface area contributed by atoms with Crippen LogP contribution in [0.2, 0.25) is 0 Å². The maximum Gasteiger partial charge on any atom is 0.311 e. The summed E-state index contributed by atoms with van der Waals surface area (Å²) in [5.74, 6) is 0.319. The van der Waals surface area contributed by atoms with Crippen molar-refractivity contribution >= 4 is 5.97 Å². The van der Waals surface area contributed by atoms with Gasteiger partial charge in [0.05, 0.1) is 12.5 Å². The Bertz CT molecular complexity index is 497. The lowest BCUT2D eigenvalue weighted by molar-refractivity contribution is -0.151. The van der Waals surface area contributed by atoms with Crippen LogP contribution in [0.4, 0.5) is 0 Å². The van der Waals surface area contributed by atoms with E-state index in [1.165, 1.54) is 5.56 Å². The number of aliphatic carboxylic acids is 1. The molecule has 0 radical (unpaired) electrons. The molecule has 4 heteroatoms. The summed E-state index contributed by atoms with van der Waals surface area (Å²) in [6.45, 7) is 7.61. The molecule has 2 unspecified atom stereocenters. The van der Waals surface area contributed by atoms with Crippen LogP contribution in [-0.4, -0.2) is 36.2 Å². The maximum absolute atomic E-state index is 11.7. The summed E-state index contributed by atoms with van der Waals surface area (Å²) in [7, 11) is 1.66. The Morgan fingerprint density at radius 2 is 1.90 bits per heavy atom. The Hall–Kier alpha value is -1.55. The van der Waals surface area contributed by atoms with Crippen LogP contribution in [0.3, 0.4) is 0 Å². The predicted molar refractivity (Wildman–Crippen MR) is 82.5 cm³/mol. The van der Waals surface area contributed by atoms with Crippen molar-refractivity contribution in [3.8, 4) is 5.75 Å². The van der Waals surface area contributed by atoms with E-state index in [2.05, 4.69) is 24.0 Å². The molecule has 1 N–H and O–H groups in total. The van der Waals surface area contributed by atoms with Crippen LogP contribution in [0.25, 0.3) is 0 Å². The summed E-state index contributed by atoms with van der Waals surface area (Å²) >= 11 is 0. The van der Waals surface area contributed by atoms with Gasteiger partial charge in [-0.05, 0) is 43.5 Å². The molecule has 2 atom stereocenters. The monoisotopic (exact) mass is 291 g/mol. The van der Waals surface area contributed by atoms with Gasteiger partial charge in [0, 0.05) is 12.6 Å². The molecule has 1 saturated heterocycles. The average molecular weight is 291 g/mol. The summed E-state index contributed by atoms with van der Waals surface area (Å²) in [6, 6.07) is 8.24. The van der Waals surface area contributed by atoms with Gasteiger partial charge in [0.2, 0.25) is 0 Å². The second-order valence-electron chi connectivity index (χ2n) is 6.29. The van der Waals surface area contributed by atoms with E-state index in [1.807, 2.05) is 26.0 Å². The van der Waals surface area contributed by atoms with Crippen LogP contribution < -0.4 is 4.74 Å². The molecule has 2 rings (SSSR count). The van der Waals surface area contributed by atoms with Crippen molar-refractivity contribution < 1.29 is 14.6 Å². The van der Waals surface area contributed by atoms with Gasteiger partial charge in [-0.2, -0.15) is 0 Å². The highest BCUT2D eigenvalue weighted by Crippen LogP contribution is 2.41. The number of carboxylic acids is 1. The molecule has 1 fully saturated rings. The molecule has 1 heterocycles. The first-order valence-corrected chi connectivity index (χ1v) is 7.52. The predicted octanol–water partition coefficient (Wildman–Crippen LogP) is 3.19. The quantitative estimate of drug-likeness (QED) is 0.905. The van der Waals surface area contributed by atoms with Gasteiger partial charge in [0.25, 0.3) is 0 Å². The lowest BCUT2D eigenvalue weighted by Crippen LogP contribution is -2.39. The van der Waals surface area contributed by atoms with Crippen molar-refractivity contribution in [2.45, 2.75) is 33.2 Å². The zero-order chi connectivity index (χ0) is 15.6. The molecule has 1 aromatic carbocycles. The fourth-order valence-electron chi connectivity index (χ4n) is 3.18. The van der Waals surface area contributed by atoms with Crippen LogP contribution in [-0.2, 0) is 4.79 Å². The van der Waals surface area contributed by atoms with Gasteiger partial charge in [0.15, 0.2) is 0 Å². The number of rotatable bonds is 5. The smallest absolute Gasteiger partial charge is 0.311 e. The Labute approximate surface area is 126 Å². The molecular formula is C17H25NO3. The number of benzene rings is 1. The van der Waals surface area contributed by atoms with Crippen molar-refractivity contribution in [1.29, 1.82) is 0 Å². The second-order valence-corrected chi connectivity index (χ2v) is 6.29. The highest BCUT2D eigenvalue weighted by molar-refractivity contribution is 5.75. The van der Waals surface area contributed by atoms with E-state index in [0.717, 1.165) is 18.7 Å². The van der Waals surface area contributed by atoms with Crippen molar-refractivity contribution in [2.75, 3.05) is 20.2 Å². The van der Waals surface area contributed by atoms with Crippen LogP contribution >= 0.6 is 0 Å². The normalized spacial score (nSPS) is 24.2. The van der Waals surface area contributed by atoms with Crippen molar-refractivity contribution in [3.63, 3.8) is 0 Å². The van der Waals surface area contributed by atoms with Crippen LogP contribution in [0, 0.1) is 11.3 Å². The topological polar surface area (TPSA) is 49.8 Å². The fourth-order valence-corrected chi connectivity index (χ4v) is 3.18. The van der Waals surface area contributed by atoms with Crippen molar-refractivity contribution in [1.82, 2.24) is 4.90 Å². The maximum atomic E-state index is 11.7. The summed E-state index contributed by atoms with van der Waals surface area (Å²) in [6.07, 6.45) is 0.723. The van der Waals surface area contributed by atoms with E-state index in [9.17, 15) is 9.90 Å². The Morgan fingerprint density at radius 3 is 2.33 bits per heavy atom. The molecule has 0 aliphatic carbocycles. The molecule has 1 aliphatic heterocycles. The molecule has 4 nitrogen and oxygen atoms in total. The zero-order valence-electron chi connectivity index (χ0n) is 13.3. The van der Waals surface area contributed by atoms with Crippen molar-refractivity contribution in [3.05, 3.63) is 29.8 Å². The van der Waals surface area contributed by atoms with Gasteiger partial charge in [-0.15, -0.1) is 0 Å². The molecular weight excluding hydrogens is 266 g/mol. The lowest BCUT2D eigenvalue weighted by Gasteiger charge is -2.31. The largest absolute Gasteiger partial charge is 0.497 e. The number of hydrogen-bond acceptors (Lipinski definition) is 3. The standard InChI is InChI=1S/C17H25NO3/c1-12(2)17(16(19)20)9-10-18(11-17)13(3)14-5-7-15(21-4)8-6-14/h5-8,12-13H,9-11H2,1-4H3,(H,19,20). The molecule has 21 heavy (non-hydrogen) atoms. The lowest BCUT2D eigenvalue weighted by atomic mass is 9.76. The number of ether oxygens (including phenoxy) is 1. The SMILES string of the molecule is COc1ccc(C(C)N2CCC(C(=O)O)(C(C)C)C2)cc1. The third-order valence-corrected chi connectivity index (χ3v) is 5.01. The van der Waals surface area contributed by atoms with Gasteiger partial charge < -0.3 is 9.84 Å². The fraction of sp³-hybridized carbons (Fsp3) is 0.588. The minimum atomic E-state index is -0.665. The minimum Gasteiger partial charge on any atom is -0.497 e. The first-order chi connectivity index (χ1) is 9.90. The molecule has 0 saturated carbocycles. The molecule has 0 aromatic heterocycles. The van der Waals surface area contributed by atoms with Crippen LogP contribution in [0.1, 0.15) is 38.8 Å². The summed E-state index contributed by atoms with van der Waals surface area (Å²) in [4.78, 5) is 14.0. The molecule has 0 spiro atoms. The minimum absolute atomic E-state index is 0.142. The van der Waals surface area contributed by atoms with Gasteiger partial charge >= 0.3 is 5.97 Å². The Morgan fingerprint density at radius 1 is 1.29 bits per heavy atom. The Kier molecular flexibility index (Phi) is 4.57. The number of methoxy groups -OCH3 is 1. The van der Waals surface area contributed by atoms with E-state index < -0.39 is 11.4 Å². The highest BCUT2D eigenvalue weighted by Gasteiger charge is 2.48. The molecule has 116 valence electrons. The summed E-state index contributed by atoms with van der Waals surface area (Å²) in [5.41, 5.74) is 0.585. The van der Waals surface area contributed by atoms with E-state index in [4.69, 9.17) is 4.74 Å². The number of carboxylic acid groups (broad SMARTS) is 1. The third-order valence-electron chi connectivity index (χ3n) is 5.01. The highest BCUT2D eigenvalue weighted by atomic mass is 16.5. The van der Waals surface area contributed by atoms with E-state index in [-0.39, 0.29) is 12.0 Å². The molecule has 1 aliphatic rings. The molecule has 1 aromatic rings. The summed E-state index contributed by atoms with van der Waals surface area (Å²) < 4.78 is 5.18. The van der Waals surface area contributed by atoms with Crippen LogP contribution in [0.15, 0.2) is 24.3 Å². The zero-order valence-corrected chi connectivity index (χ0v) is 13.3.